The van der Waals surface area contributed by atoms with Crippen LogP contribution in [0.4, 0.5) is 5.69 Å². The molecular weight excluding hydrogens is 525 g/mol. The number of aryl methyl sites for hydroxylation is 1. The highest BCUT2D eigenvalue weighted by Gasteiger charge is 2.44. The predicted octanol–water partition coefficient (Wildman–Crippen LogP) is 4.81. The zero-order valence-corrected chi connectivity index (χ0v) is 22.0. The number of thioether (sulfide) groups is 1. The summed E-state index contributed by atoms with van der Waals surface area (Å²) in [6.07, 6.45) is 0. The van der Waals surface area contributed by atoms with Crippen LogP contribution in [0, 0.1) is 24.2 Å². The third-order valence-corrected chi connectivity index (χ3v) is 6.97. The normalized spacial score (nSPS) is 17.2. The molecule has 0 radical (unpaired) electrons. The lowest BCUT2D eigenvalue weighted by molar-refractivity contribution is -0.150. The molecule has 0 saturated carbocycles. The molecule has 0 saturated heterocycles. The number of methoxy groups -OCH3 is 1. The first-order valence-electron chi connectivity index (χ1n) is 10.8. The Kier molecular flexibility index (Phi) is 9.26. The lowest BCUT2D eigenvalue weighted by atomic mass is 9.78. The Labute approximate surface area is 222 Å². The van der Waals surface area contributed by atoms with Crippen molar-refractivity contribution in [2.45, 2.75) is 19.8 Å². The number of allylic oxidation sites excluding steroid dienone is 1. The molecule has 11 heteroatoms. The number of nitrogens with zero attached hydrogens (tertiary/aromatic N) is 1. The van der Waals surface area contributed by atoms with Crippen LogP contribution in [0.5, 0.6) is 5.75 Å². The number of carbonyl (C=O) groups excluding carboxylic acids is 3. The van der Waals surface area contributed by atoms with Crippen molar-refractivity contribution in [1.29, 1.82) is 5.26 Å². The second-order valence-electron chi connectivity index (χ2n) is 7.74. The summed E-state index contributed by atoms with van der Waals surface area (Å²) in [4.78, 5) is 38.1. The van der Waals surface area contributed by atoms with Crippen molar-refractivity contribution in [2.75, 3.05) is 24.8 Å². The van der Waals surface area contributed by atoms with Gasteiger partial charge in [-0.1, -0.05) is 47.1 Å². The number of carbonyl (C=O) groups is 3. The molecule has 2 atom stereocenters. The summed E-state index contributed by atoms with van der Waals surface area (Å²) in [6.45, 7) is 4.04. The zero-order valence-electron chi connectivity index (χ0n) is 19.7. The Hall–Kier alpha value is -3.19. The van der Waals surface area contributed by atoms with Crippen molar-refractivity contribution < 1.29 is 23.9 Å². The molecular formula is C25H23Cl2N3O5S. The van der Waals surface area contributed by atoms with Crippen LogP contribution < -0.4 is 15.4 Å². The van der Waals surface area contributed by atoms with Crippen LogP contribution in [0.1, 0.15) is 24.0 Å². The molecule has 0 bridgehead atoms. The van der Waals surface area contributed by atoms with Crippen molar-refractivity contribution in [3.8, 4) is 11.8 Å². The average Bonchev–Trinajstić information content (AvgIpc) is 2.85. The number of halogens is 2. The molecule has 0 spiro atoms. The second-order valence-corrected chi connectivity index (χ2v) is 9.57. The number of ether oxygens (including phenoxy) is 2. The first-order valence-corrected chi connectivity index (χ1v) is 12.6. The van der Waals surface area contributed by atoms with Crippen molar-refractivity contribution in [3.05, 3.63) is 68.2 Å². The van der Waals surface area contributed by atoms with Gasteiger partial charge in [0.05, 0.1) is 41.2 Å². The third kappa shape index (κ3) is 6.13. The molecule has 0 unspecified atom stereocenters. The SMILES string of the molecule is CCOc1ccc([C@H]2C(C#N)=C(SCC(=O)Nc3cc(Cl)ccc3C)NC(=O)[C@H]2C(=O)OC)cc1Cl. The largest absolute Gasteiger partial charge is 0.492 e. The van der Waals surface area contributed by atoms with Crippen LogP contribution in [0.25, 0.3) is 0 Å². The van der Waals surface area contributed by atoms with Crippen LogP contribution >= 0.6 is 35.0 Å². The van der Waals surface area contributed by atoms with Crippen LogP contribution in [0.3, 0.4) is 0 Å². The van der Waals surface area contributed by atoms with Gasteiger partial charge in [0.15, 0.2) is 0 Å². The highest BCUT2D eigenvalue weighted by molar-refractivity contribution is 8.03. The van der Waals surface area contributed by atoms with E-state index in [1.165, 1.54) is 7.11 Å². The Balaban J connectivity index is 1.93. The first kappa shape index (κ1) is 27.4. The maximum Gasteiger partial charge on any atom is 0.319 e. The van der Waals surface area contributed by atoms with E-state index in [9.17, 15) is 19.6 Å². The standard InChI is InChI=1S/C25H23Cl2N3O5S/c1-4-35-19-8-6-14(9-17(19)27)21-16(11-28)24(30-23(32)22(21)25(33)34-3)36-12-20(31)29-18-10-15(26)7-5-13(18)2/h5-10,21-22H,4,12H2,1-3H3,(H,29,31)(H,30,32)/t21-,22-/m0/s1. The van der Waals surface area contributed by atoms with Gasteiger partial charge in [-0.2, -0.15) is 5.26 Å². The van der Waals surface area contributed by atoms with Crippen molar-refractivity contribution >= 4 is 58.4 Å². The summed E-state index contributed by atoms with van der Waals surface area (Å²) in [7, 11) is 1.17. The molecule has 188 valence electrons. The Bertz CT molecular complexity index is 1270. The Morgan fingerprint density at radius 2 is 1.97 bits per heavy atom. The van der Waals surface area contributed by atoms with E-state index in [1.54, 1.807) is 36.4 Å². The summed E-state index contributed by atoms with van der Waals surface area (Å²) in [5.41, 5.74) is 1.96. The summed E-state index contributed by atoms with van der Waals surface area (Å²) in [6, 6.07) is 12.0. The molecule has 36 heavy (non-hydrogen) atoms. The quantitative estimate of drug-likeness (QED) is 0.359. The highest BCUT2D eigenvalue weighted by atomic mass is 35.5. The molecule has 2 aromatic carbocycles. The molecule has 0 fully saturated rings. The minimum absolute atomic E-state index is 0.105. The molecule has 1 heterocycles. The molecule has 1 aliphatic rings. The van der Waals surface area contributed by atoms with Crippen molar-refractivity contribution in [3.63, 3.8) is 0 Å². The van der Waals surface area contributed by atoms with Gasteiger partial charge in [-0.05, 0) is 49.2 Å². The van der Waals surface area contributed by atoms with E-state index in [0.717, 1.165) is 17.3 Å². The third-order valence-electron chi connectivity index (χ3n) is 5.42. The molecule has 8 nitrogen and oxygen atoms in total. The van der Waals surface area contributed by atoms with Crippen LogP contribution in [0.2, 0.25) is 10.0 Å². The van der Waals surface area contributed by atoms with E-state index >= 15 is 0 Å². The minimum Gasteiger partial charge on any atom is -0.492 e. The summed E-state index contributed by atoms with van der Waals surface area (Å²) < 4.78 is 10.3. The fourth-order valence-corrected chi connectivity index (χ4v) is 4.98. The van der Waals surface area contributed by atoms with Crippen molar-refractivity contribution in [2.24, 2.45) is 5.92 Å². The van der Waals surface area contributed by atoms with Crippen LogP contribution in [-0.2, 0) is 19.1 Å². The number of esters is 1. The number of benzene rings is 2. The maximum atomic E-state index is 13.0. The number of nitrogens with one attached hydrogen (secondary N) is 2. The molecule has 2 amide bonds. The lowest BCUT2D eigenvalue weighted by Crippen LogP contribution is -2.44. The molecule has 2 aromatic rings. The van der Waals surface area contributed by atoms with Gasteiger partial charge in [-0.15, -0.1) is 0 Å². The number of amides is 2. The molecule has 0 aromatic heterocycles. The van der Waals surface area contributed by atoms with E-state index in [2.05, 4.69) is 16.7 Å². The van der Waals surface area contributed by atoms with Gasteiger partial charge in [0.2, 0.25) is 11.8 Å². The van der Waals surface area contributed by atoms with E-state index < -0.39 is 23.7 Å². The summed E-state index contributed by atoms with van der Waals surface area (Å²) in [5, 5.41) is 16.3. The number of anilines is 1. The van der Waals surface area contributed by atoms with E-state index in [0.29, 0.717) is 28.6 Å². The Morgan fingerprint density at radius 1 is 1.22 bits per heavy atom. The van der Waals surface area contributed by atoms with Gasteiger partial charge in [0.25, 0.3) is 0 Å². The van der Waals surface area contributed by atoms with Gasteiger partial charge in [-0.25, -0.2) is 0 Å². The topological polar surface area (TPSA) is 118 Å². The zero-order chi connectivity index (χ0) is 26.4. The molecule has 0 aliphatic carbocycles. The van der Waals surface area contributed by atoms with Crippen LogP contribution in [-0.4, -0.2) is 37.3 Å². The van der Waals surface area contributed by atoms with E-state index in [-0.39, 0.29) is 27.3 Å². The molecule has 1 aliphatic heterocycles. The number of nitriles is 1. The van der Waals surface area contributed by atoms with Gasteiger partial charge < -0.3 is 20.1 Å². The fraction of sp³-hybridized carbons (Fsp3) is 0.280. The minimum atomic E-state index is -1.31. The van der Waals surface area contributed by atoms with Crippen LogP contribution in [0.15, 0.2) is 47.0 Å². The van der Waals surface area contributed by atoms with Gasteiger partial charge in [-0.3, -0.25) is 14.4 Å². The smallest absolute Gasteiger partial charge is 0.319 e. The van der Waals surface area contributed by atoms with Gasteiger partial charge >= 0.3 is 5.97 Å². The number of hydrogen-bond donors (Lipinski definition) is 2. The fourth-order valence-electron chi connectivity index (χ4n) is 3.72. The summed E-state index contributed by atoms with van der Waals surface area (Å²) in [5.74, 6) is -3.76. The first-order chi connectivity index (χ1) is 17.2. The monoisotopic (exact) mass is 547 g/mol. The van der Waals surface area contributed by atoms with Gasteiger partial charge in [0, 0.05) is 16.6 Å². The predicted molar refractivity (Wildman–Crippen MR) is 139 cm³/mol. The van der Waals surface area contributed by atoms with E-state index in [4.69, 9.17) is 32.7 Å². The highest BCUT2D eigenvalue weighted by Crippen LogP contribution is 2.42. The van der Waals surface area contributed by atoms with E-state index in [1.807, 2.05) is 13.8 Å². The van der Waals surface area contributed by atoms with Crippen molar-refractivity contribution in [1.82, 2.24) is 5.32 Å². The summed E-state index contributed by atoms with van der Waals surface area (Å²) >= 11 is 13.3. The maximum absolute atomic E-state index is 13.0. The molecule has 3 rings (SSSR count). The molecule has 2 N–H and O–H groups in total. The average molecular weight is 548 g/mol. The number of rotatable bonds is 8. The Morgan fingerprint density at radius 3 is 2.61 bits per heavy atom. The van der Waals surface area contributed by atoms with Gasteiger partial charge in [0.1, 0.15) is 11.7 Å². The lowest BCUT2D eigenvalue weighted by Gasteiger charge is -2.31. The number of hydrogen-bond acceptors (Lipinski definition) is 7. The second kappa shape index (κ2) is 12.2.